The van der Waals surface area contributed by atoms with Crippen LogP contribution in [0.1, 0.15) is 53.4 Å². The van der Waals surface area contributed by atoms with Crippen LogP contribution >= 0.6 is 0 Å². The monoisotopic (exact) mass is 225 g/mol. The van der Waals surface area contributed by atoms with Crippen LogP contribution in [0.4, 0.5) is 0 Å². The first-order valence-corrected chi connectivity index (χ1v) is 6.75. The first-order chi connectivity index (χ1) is 7.51. The van der Waals surface area contributed by atoms with Gasteiger partial charge in [0.25, 0.3) is 0 Å². The zero-order valence-electron chi connectivity index (χ0n) is 11.4. The molecule has 16 heavy (non-hydrogen) atoms. The Kier molecular flexibility index (Phi) is 4.97. The van der Waals surface area contributed by atoms with Gasteiger partial charge < -0.3 is 4.90 Å². The maximum Gasteiger partial charge on any atom is 0.135 e. The molecule has 0 amide bonds. The number of nitrogens with zero attached hydrogens (tertiary/aromatic N) is 1. The zero-order chi connectivity index (χ0) is 12.2. The van der Waals surface area contributed by atoms with Crippen LogP contribution in [0.15, 0.2) is 0 Å². The van der Waals surface area contributed by atoms with Crippen molar-refractivity contribution in [3.63, 3.8) is 0 Å². The molecule has 0 aromatic heterocycles. The van der Waals surface area contributed by atoms with Crippen molar-refractivity contribution in [2.24, 2.45) is 11.3 Å². The van der Waals surface area contributed by atoms with Gasteiger partial charge in [-0.25, -0.2) is 0 Å². The summed E-state index contributed by atoms with van der Waals surface area (Å²) in [7, 11) is 0. The van der Waals surface area contributed by atoms with Gasteiger partial charge in [-0.2, -0.15) is 0 Å². The smallest absolute Gasteiger partial charge is 0.135 e. The summed E-state index contributed by atoms with van der Waals surface area (Å²) in [6, 6.07) is 0. The van der Waals surface area contributed by atoms with E-state index in [1.165, 1.54) is 19.4 Å². The number of carbonyl (C=O) groups is 1. The van der Waals surface area contributed by atoms with E-state index in [2.05, 4.69) is 25.7 Å². The van der Waals surface area contributed by atoms with Crippen molar-refractivity contribution < 1.29 is 4.79 Å². The van der Waals surface area contributed by atoms with Crippen LogP contribution in [0.5, 0.6) is 0 Å². The van der Waals surface area contributed by atoms with Crippen molar-refractivity contribution in [3.8, 4) is 0 Å². The lowest BCUT2D eigenvalue weighted by Crippen LogP contribution is -2.43. The minimum atomic E-state index is -0.0373. The lowest BCUT2D eigenvalue weighted by molar-refractivity contribution is -0.128. The van der Waals surface area contributed by atoms with Crippen LogP contribution in [0.25, 0.3) is 0 Å². The second-order valence-corrected chi connectivity index (χ2v) is 5.60. The van der Waals surface area contributed by atoms with Crippen molar-refractivity contribution >= 4 is 5.78 Å². The number of ketones is 1. The molecule has 1 heterocycles. The Balaban J connectivity index is 2.40. The molecule has 2 heteroatoms. The van der Waals surface area contributed by atoms with E-state index in [1.807, 2.05) is 0 Å². The molecular weight excluding hydrogens is 198 g/mol. The molecule has 0 saturated carbocycles. The Labute approximate surface area is 100 Å². The van der Waals surface area contributed by atoms with Gasteiger partial charge in [0.05, 0.1) is 0 Å². The van der Waals surface area contributed by atoms with Gasteiger partial charge >= 0.3 is 0 Å². The molecule has 0 radical (unpaired) electrons. The summed E-state index contributed by atoms with van der Waals surface area (Å²) in [5.41, 5.74) is -0.0373. The molecule has 0 N–H and O–H groups in total. The summed E-state index contributed by atoms with van der Waals surface area (Å²) in [5, 5.41) is 0. The summed E-state index contributed by atoms with van der Waals surface area (Å²) in [6.07, 6.45) is 4.64. The molecule has 0 atom stereocenters. The number of hydrogen-bond acceptors (Lipinski definition) is 2. The third kappa shape index (κ3) is 3.31. The van der Waals surface area contributed by atoms with Crippen molar-refractivity contribution in [2.45, 2.75) is 53.4 Å². The molecular formula is C14H27NO. The van der Waals surface area contributed by atoms with Gasteiger partial charge in [-0.3, -0.25) is 4.79 Å². The number of likely N-dealkylation sites (tertiary alicyclic amines) is 1. The van der Waals surface area contributed by atoms with Gasteiger partial charge in [-0.15, -0.1) is 0 Å². The predicted octanol–water partition coefficient (Wildman–Crippen LogP) is 3.11. The summed E-state index contributed by atoms with van der Waals surface area (Å²) < 4.78 is 0. The number of hydrogen-bond donors (Lipinski definition) is 0. The Morgan fingerprint density at radius 1 is 1.25 bits per heavy atom. The Hall–Kier alpha value is -0.370. The number of Topliss-reactive ketones (excluding diaryl/α,β-unsaturated/α-hetero) is 1. The first-order valence-electron chi connectivity index (χ1n) is 6.75. The van der Waals surface area contributed by atoms with Crippen LogP contribution in [0.3, 0.4) is 0 Å². The van der Waals surface area contributed by atoms with Gasteiger partial charge in [0.15, 0.2) is 0 Å². The SMILES string of the molecule is CCC(CC)CN1CCC(C)(C(C)=O)CC1. The quantitative estimate of drug-likeness (QED) is 0.716. The van der Waals surface area contributed by atoms with Crippen LogP contribution in [0.2, 0.25) is 0 Å². The van der Waals surface area contributed by atoms with E-state index in [1.54, 1.807) is 6.92 Å². The van der Waals surface area contributed by atoms with Crippen LogP contribution < -0.4 is 0 Å². The molecule has 0 unspecified atom stereocenters. The number of piperidine rings is 1. The second kappa shape index (κ2) is 5.81. The zero-order valence-corrected chi connectivity index (χ0v) is 11.4. The topological polar surface area (TPSA) is 20.3 Å². The van der Waals surface area contributed by atoms with Gasteiger partial charge in [0.2, 0.25) is 0 Å². The van der Waals surface area contributed by atoms with E-state index in [4.69, 9.17) is 0 Å². The fraction of sp³-hybridized carbons (Fsp3) is 0.929. The highest BCUT2D eigenvalue weighted by Crippen LogP contribution is 2.32. The minimum absolute atomic E-state index is 0.0373. The Morgan fingerprint density at radius 2 is 1.75 bits per heavy atom. The lowest BCUT2D eigenvalue weighted by Gasteiger charge is -2.39. The molecule has 0 aromatic carbocycles. The van der Waals surface area contributed by atoms with Crippen molar-refractivity contribution in [2.75, 3.05) is 19.6 Å². The molecule has 1 rings (SSSR count). The molecule has 0 spiro atoms. The van der Waals surface area contributed by atoms with Crippen molar-refractivity contribution in [1.82, 2.24) is 4.90 Å². The van der Waals surface area contributed by atoms with Crippen molar-refractivity contribution in [3.05, 3.63) is 0 Å². The summed E-state index contributed by atoms with van der Waals surface area (Å²) in [6.45, 7) is 11.9. The molecule has 0 aromatic rings. The standard InChI is InChI=1S/C14H27NO/c1-5-13(6-2)11-15-9-7-14(4,8-10-15)12(3)16/h13H,5-11H2,1-4H3. The van der Waals surface area contributed by atoms with E-state index in [0.29, 0.717) is 5.78 Å². The number of carbonyl (C=O) groups excluding carboxylic acids is 1. The van der Waals surface area contributed by atoms with Gasteiger partial charge in [0.1, 0.15) is 5.78 Å². The highest BCUT2D eigenvalue weighted by molar-refractivity contribution is 5.82. The van der Waals surface area contributed by atoms with E-state index < -0.39 is 0 Å². The maximum atomic E-state index is 11.5. The fourth-order valence-corrected chi connectivity index (χ4v) is 2.49. The Morgan fingerprint density at radius 3 is 2.12 bits per heavy atom. The minimum Gasteiger partial charge on any atom is -0.303 e. The fourth-order valence-electron chi connectivity index (χ4n) is 2.49. The van der Waals surface area contributed by atoms with E-state index in [9.17, 15) is 4.79 Å². The predicted molar refractivity (Wildman–Crippen MR) is 68.5 cm³/mol. The van der Waals surface area contributed by atoms with Gasteiger partial charge in [-0.05, 0) is 38.8 Å². The van der Waals surface area contributed by atoms with Crippen LogP contribution in [0, 0.1) is 11.3 Å². The molecule has 94 valence electrons. The van der Waals surface area contributed by atoms with E-state index in [-0.39, 0.29) is 5.41 Å². The molecule has 0 bridgehead atoms. The van der Waals surface area contributed by atoms with Crippen LogP contribution in [-0.4, -0.2) is 30.3 Å². The van der Waals surface area contributed by atoms with Crippen LogP contribution in [-0.2, 0) is 4.79 Å². The lowest BCUT2D eigenvalue weighted by atomic mass is 9.77. The third-order valence-corrected chi connectivity index (χ3v) is 4.48. The molecule has 1 aliphatic heterocycles. The van der Waals surface area contributed by atoms with Gasteiger partial charge in [0, 0.05) is 12.0 Å². The normalized spacial score (nSPS) is 21.3. The molecule has 1 aliphatic rings. The van der Waals surface area contributed by atoms with E-state index >= 15 is 0 Å². The highest BCUT2D eigenvalue weighted by Gasteiger charge is 2.34. The molecule has 0 aliphatic carbocycles. The molecule has 1 fully saturated rings. The maximum absolute atomic E-state index is 11.5. The van der Waals surface area contributed by atoms with Crippen molar-refractivity contribution in [1.29, 1.82) is 0 Å². The second-order valence-electron chi connectivity index (χ2n) is 5.60. The first kappa shape index (κ1) is 13.7. The summed E-state index contributed by atoms with van der Waals surface area (Å²) in [5.74, 6) is 1.20. The number of rotatable bonds is 5. The van der Waals surface area contributed by atoms with Gasteiger partial charge in [-0.1, -0.05) is 33.6 Å². The molecule has 2 nitrogen and oxygen atoms in total. The summed E-state index contributed by atoms with van der Waals surface area (Å²) in [4.78, 5) is 14.1. The third-order valence-electron chi connectivity index (χ3n) is 4.48. The Bertz CT molecular complexity index is 225. The molecule has 1 saturated heterocycles. The highest BCUT2D eigenvalue weighted by atomic mass is 16.1. The largest absolute Gasteiger partial charge is 0.303 e. The average Bonchev–Trinajstić information content (AvgIpc) is 2.28. The average molecular weight is 225 g/mol. The van der Waals surface area contributed by atoms with E-state index in [0.717, 1.165) is 31.8 Å². The summed E-state index contributed by atoms with van der Waals surface area (Å²) >= 11 is 0.